The van der Waals surface area contributed by atoms with Gasteiger partial charge in [0.15, 0.2) is 23.0 Å². The van der Waals surface area contributed by atoms with E-state index in [4.69, 9.17) is 18.9 Å². The van der Waals surface area contributed by atoms with E-state index in [0.717, 1.165) is 29.3 Å². The van der Waals surface area contributed by atoms with Gasteiger partial charge in [0.25, 0.3) is 0 Å². The quantitative estimate of drug-likeness (QED) is 0.218. The van der Waals surface area contributed by atoms with Crippen molar-refractivity contribution in [2.24, 2.45) is 0 Å². The summed E-state index contributed by atoms with van der Waals surface area (Å²) in [5.74, 6) is 2.39. The number of ether oxygens (including phenoxy) is 4. The van der Waals surface area contributed by atoms with Crippen molar-refractivity contribution in [2.45, 2.75) is 0 Å². The molecule has 4 aromatic rings. The number of allylic oxidation sites excluding steroid dienone is 2. The van der Waals surface area contributed by atoms with E-state index in [1.807, 2.05) is 36.4 Å². The normalized spacial score (nSPS) is 12.8. The average molecular weight is 599 g/mol. The number of fused-ring (bicyclic) bond motifs is 2. The minimum atomic E-state index is 0.00280. The zero-order valence-corrected chi connectivity index (χ0v) is 23.6. The smallest absolute Gasteiger partial charge is 0.181 e. The predicted octanol–water partition coefficient (Wildman–Crippen LogP) is 7.34. The second-order valence-electron chi connectivity index (χ2n) is 8.19. The summed E-state index contributed by atoms with van der Waals surface area (Å²) in [5, 5.41) is 36.8. The van der Waals surface area contributed by atoms with Crippen LogP contribution in [0.3, 0.4) is 0 Å². The van der Waals surface area contributed by atoms with Gasteiger partial charge in [-0.15, -0.1) is 45.3 Å². The lowest BCUT2D eigenvalue weighted by Crippen LogP contribution is -2.14. The summed E-state index contributed by atoms with van der Waals surface area (Å²) in [5.41, 5.74) is 0.00560. The molecule has 12 heteroatoms. The van der Waals surface area contributed by atoms with E-state index < -0.39 is 0 Å². The summed E-state index contributed by atoms with van der Waals surface area (Å²) in [6, 6.07) is 15.8. The lowest BCUT2D eigenvalue weighted by Gasteiger charge is -2.16. The highest BCUT2D eigenvalue weighted by Gasteiger charge is 2.28. The molecule has 0 bridgehead atoms. The molecule has 0 N–H and O–H groups in total. The van der Waals surface area contributed by atoms with Crippen LogP contribution in [0.1, 0.15) is 9.75 Å². The van der Waals surface area contributed by atoms with Crippen LogP contribution in [-0.4, -0.2) is 26.4 Å². The zero-order valence-electron chi connectivity index (χ0n) is 20.3. The van der Waals surface area contributed by atoms with Gasteiger partial charge in [0.1, 0.15) is 61.9 Å². The van der Waals surface area contributed by atoms with Crippen LogP contribution < -0.4 is 18.9 Å². The molecular formula is C28H14N4O4S4. The van der Waals surface area contributed by atoms with E-state index in [2.05, 4.69) is 12.1 Å². The standard InChI is InChI=1S/C28H14N4O4S4/c29-11-15(12-30)9-21-23-25(35-7-5-33-23)27(39-21)19-3-1-17(37-19)18-2-4-20(38-18)28-26-24(34-6-8-36-26)22(40-28)10-16(13-31)14-32/h1-4,9-10H,5-8H2. The Bertz CT molecular complexity index is 1710. The Balaban J connectivity index is 1.35. The van der Waals surface area contributed by atoms with Crippen LogP contribution >= 0.6 is 45.3 Å². The van der Waals surface area contributed by atoms with Crippen LogP contribution in [0, 0.1) is 45.3 Å². The van der Waals surface area contributed by atoms with Gasteiger partial charge >= 0.3 is 0 Å². The van der Waals surface area contributed by atoms with Gasteiger partial charge < -0.3 is 18.9 Å². The highest BCUT2D eigenvalue weighted by atomic mass is 32.1. The van der Waals surface area contributed by atoms with Crippen molar-refractivity contribution in [1.82, 2.24) is 0 Å². The molecule has 6 heterocycles. The molecule has 0 saturated heterocycles. The number of hydrogen-bond acceptors (Lipinski definition) is 12. The van der Waals surface area contributed by atoms with E-state index in [9.17, 15) is 21.0 Å². The van der Waals surface area contributed by atoms with Gasteiger partial charge in [0.05, 0.1) is 19.5 Å². The number of rotatable bonds is 5. The second-order valence-corrected chi connectivity index (χ2v) is 12.5. The first-order valence-corrected chi connectivity index (χ1v) is 15.0. The van der Waals surface area contributed by atoms with E-state index in [1.54, 1.807) is 22.7 Å². The largest absolute Gasteiger partial charge is 0.485 e. The minimum Gasteiger partial charge on any atom is -0.485 e. The molecule has 40 heavy (non-hydrogen) atoms. The Morgan fingerprint density at radius 2 is 0.875 bits per heavy atom. The number of nitriles is 4. The van der Waals surface area contributed by atoms with Gasteiger partial charge in [0, 0.05) is 19.5 Å². The van der Waals surface area contributed by atoms with Crippen molar-refractivity contribution >= 4 is 57.5 Å². The second kappa shape index (κ2) is 10.9. The van der Waals surface area contributed by atoms with Crippen molar-refractivity contribution in [2.75, 3.05) is 26.4 Å². The molecule has 0 atom stereocenters. The third kappa shape index (κ3) is 4.60. The minimum absolute atomic E-state index is 0.00280. The first-order valence-electron chi connectivity index (χ1n) is 11.7. The Morgan fingerprint density at radius 3 is 1.25 bits per heavy atom. The van der Waals surface area contributed by atoms with E-state index in [1.165, 1.54) is 34.8 Å². The SMILES string of the molecule is N#CC(C#N)=Cc1sc(-c2ccc(-c3ccc(-c4sc(C=C(C#N)C#N)c5c4OCCO5)s3)s2)c2c1OCCO2. The third-order valence-corrected chi connectivity index (χ3v) is 10.7. The third-order valence-electron chi connectivity index (χ3n) is 5.78. The van der Waals surface area contributed by atoms with E-state index in [0.29, 0.717) is 59.2 Å². The monoisotopic (exact) mass is 598 g/mol. The topological polar surface area (TPSA) is 132 Å². The lowest BCUT2D eigenvalue weighted by atomic mass is 10.2. The van der Waals surface area contributed by atoms with Gasteiger partial charge in [-0.1, -0.05) is 0 Å². The van der Waals surface area contributed by atoms with Gasteiger partial charge in [0.2, 0.25) is 0 Å². The maximum Gasteiger partial charge on any atom is 0.181 e. The van der Waals surface area contributed by atoms with Crippen molar-refractivity contribution < 1.29 is 18.9 Å². The molecule has 4 aromatic heterocycles. The van der Waals surface area contributed by atoms with Crippen molar-refractivity contribution in [3.05, 3.63) is 45.2 Å². The molecule has 194 valence electrons. The fraction of sp³-hybridized carbons (Fsp3) is 0.143. The first kappa shape index (κ1) is 25.7. The number of thiophene rings is 4. The van der Waals surface area contributed by atoms with Crippen LogP contribution in [0.5, 0.6) is 23.0 Å². The van der Waals surface area contributed by atoms with Crippen LogP contribution in [0.25, 0.3) is 41.4 Å². The Labute approximate surface area is 244 Å². The summed E-state index contributed by atoms with van der Waals surface area (Å²) in [7, 11) is 0. The fourth-order valence-electron chi connectivity index (χ4n) is 4.09. The summed E-state index contributed by atoms with van der Waals surface area (Å²) in [6.45, 7) is 1.65. The highest BCUT2D eigenvalue weighted by molar-refractivity contribution is 7.29. The van der Waals surface area contributed by atoms with Crippen LogP contribution in [0.2, 0.25) is 0 Å². The molecule has 2 aliphatic heterocycles. The van der Waals surface area contributed by atoms with E-state index >= 15 is 0 Å². The average Bonchev–Trinajstić information content (AvgIpc) is 3.79. The molecule has 0 saturated carbocycles. The van der Waals surface area contributed by atoms with Gasteiger partial charge in [-0.3, -0.25) is 0 Å². The first-order chi connectivity index (χ1) is 19.6. The molecule has 0 aromatic carbocycles. The van der Waals surface area contributed by atoms with Gasteiger partial charge in [-0.2, -0.15) is 21.0 Å². The van der Waals surface area contributed by atoms with Gasteiger partial charge in [-0.25, -0.2) is 0 Å². The number of nitrogens with zero attached hydrogens (tertiary/aromatic N) is 4. The molecule has 2 aliphatic rings. The maximum atomic E-state index is 9.21. The summed E-state index contributed by atoms with van der Waals surface area (Å²) in [6.07, 6.45) is 3.07. The van der Waals surface area contributed by atoms with Crippen molar-refractivity contribution in [3.63, 3.8) is 0 Å². The molecular weight excluding hydrogens is 585 g/mol. The maximum absolute atomic E-state index is 9.21. The Kier molecular flexibility index (Phi) is 7.00. The highest BCUT2D eigenvalue weighted by Crippen LogP contribution is 2.54. The van der Waals surface area contributed by atoms with Crippen LogP contribution in [0.4, 0.5) is 0 Å². The Morgan fingerprint density at radius 1 is 0.525 bits per heavy atom. The van der Waals surface area contributed by atoms with Gasteiger partial charge in [-0.05, 0) is 36.4 Å². The van der Waals surface area contributed by atoms with Crippen LogP contribution in [0.15, 0.2) is 35.4 Å². The predicted molar refractivity (Wildman–Crippen MR) is 155 cm³/mol. The molecule has 6 rings (SSSR count). The fourth-order valence-corrected chi connectivity index (χ4v) is 8.67. The molecule has 0 aliphatic carbocycles. The molecule has 8 nitrogen and oxygen atoms in total. The molecule has 0 amide bonds. The molecule has 0 fully saturated rings. The Hall–Kier alpha value is -4.56. The summed E-state index contributed by atoms with van der Waals surface area (Å²) < 4.78 is 23.6. The summed E-state index contributed by atoms with van der Waals surface area (Å²) >= 11 is 6.09. The molecule has 0 radical (unpaired) electrons. The zero-order chi connectivity index (χ0) is 27.6. The van der Waals surface area contributed by atoms with Crippen molar-refractivity contribution in [1.29, 1.82) is 21.0 Å². The molecule has 0 unspecified atom stereocenters. The lowest BCUT2D eigenvalue weighted by molar-refractivity contribution is 0.174. The van der Waals surface area contributed by atoms with Crippen molar-refractivity contribution in [3.8, 4) is 76.5 Å². The number of hydrogen-bond donors (Lipinski definition) is 0. The van der Waals surface area contributed by atoms with Crippen LogP contribution in [-0.2, 0) is 0 Å². The van der Waals surface area contributed by atoms with E-state index in [-0.39, 0.29) is 11.1 Å². The summed E-state index contributed by atoms with van der Waals surface area (Å²) in [4.78, 5) is 7.26. The molecule has 0 spiro atoms.